The van der Waals surface area contributed by atoms with Gasteiger partial charge < -0.3 is 19.1 Å². The third kappa shape index (κ3) is 5.06. The number of nitrogens with zero attached hydrogens (tertiary/aromatic N) is 2. The molecule has 26 heavy (non-hydrogen) atoms. The fraction of sp³-hybridized carbons (Fsp3) is 0.286. The van der Waals surface area contributed by atoms with Gasteiger partial charge in [0.05, 0.1) is 13.2 Å². The molecule has 0 aromatic carbocycles. The zero-order valence-electron chi connectivity index (χ0n) is 13.1. The van der Waals surface area contributed by atoms with Crippen molar-refractivity contribution in [1.82, 2.24) is 10.1 Å². The first kappa shape index (κ1) is 19.0. The van der Waals surface area contributed by atoms with Crippen LogP contribution in [0.3, 0.4) is 0 Å². The van der Waals surface area contributed by atoms with E-state index in [4.69, 9.17) is 9.47 Å². The second kappa shape index (κ2) is 8.64. The standard InChI is InChI=1S/C14H12N2O10/c17-9-1-2-10(18)15(9)25-13(21)7-23-5-6-24-8-14(22)26-16-11(19)3-4-12(16)20/h1-4H,5-8H2. The predicted octanol–water partition coefficient (Wildman–Crippen LogP) is -2.21. The van der Waals surface area contributed by atoms with Gasteiger partial charge in [0.15, 0.2) is 0 Å². The first-order chi connectivity index (χ1) is 12.4. The van der Waals surface area contributed by atoms with Gasteiger partial charge in [0.25, 0.3) is 23.6 Å². The molecule has 2 aliphatic rings. The van der Waals surface area contributed by atoms with E-state index in [-0.39, 0.29) is 23.3 Å². The lowest BCUT2D eigenvalue weighted by Gasteiger charge is -2.13. The van der Waals surface area contributed by atoms with Gasteiger partial charge in [0, 0.05) is 24.3 Å². The molecule has 0 aliphatic carbocycles. The number of hydroxylamine groups is 4. The van der Waals surface area contributed by atoms with Crippen LogP contribution < -0.4 is 0 Å². The fourth-order valence-corrected chi connectivity index (χ4v) is 1.64. The average molecular weight is 368 g/mol. The lowest BCUT2D eigenvalue weighted by atomic mass is 10.6. The Morgan fingerprint density at radius 3 is 1.27 bits per heavy atom. The Bertz CT molecular complexity index is 615. The summed E-state index contributed by atoms with van der Waals surface area (Å²) in [5.74, 6) is -5.09. The Hall–Kier alpha value is -3.38. The molecule has 0 atom stereocenters. The van der Waals surface area contributed by atoms with E-state index >= 15 is 0 Å². The minimum atomic E-state index is -0.978. The molecule has 138 valence electrons. The number of carbonyl (C=O) groups is 6. The summed E-state index contributed by atoms with van der Waals surface area (Å²) < 4.78 is 9.75. The molecule has 0 N–H and O–H groups in total. The van der Waals surface area contributed by atoms with Gasteiger partial charge in [-0.25, -0.2) is 9.59 Å². The summed E-state index contributed by atoms with van der Waals surface area (Å²) >= 11 is 0. The number of imide groups is 2. The fourth-order valence-electron chi connectivity index (χ4n) is 1.64. The van der Waals surface area contributed by atoms with Crippen molar-refractivity contribution in [3.63, 3.8) is 0 Å². The monoisotopic (exact) mass is 368 g/mol. The van der Waals surface area contributed by atoms with E-state index in [2.05, 4.69) is 9.68 Å². The van der Waals surface area contributed by atoms with Gasteiger partial charge in [-0.2, -0.15) is 0 Å². The Morgan fingerprint density at radius 1 is 0.654 bits per heavy atom. The van der Waals surface area contributed by atoms with Crippen molar-refractivity contribution in [3.8, 4) is 0 Å². The highest BCUT2D eigenvalue weighted by atomic mass is 16.7. The van der Waals surface area contributed by atoms with Gasteiger partial charge >= 0.3 is 11.9 Å². The molecule has 0 spiro atoms. The maximum Gasteiger partial charge on any atom is 0.358 e. The highest BCUT2D eigenvalue weighted by molar-refractivity contribution is 6.13. The van der Waals surface area contributed by atoms with Crippen molar-refractivity contribution in [3.05, 3.63) is 24.3 Å². The molecule has 2 heterocycles. The molecule has 0 saturated heterocycles. The minimum Gasteiger partial charge on any atom is -0.367 e. The molecule has 4 amide bonds. The summed E-state index contributed by atoms with van der Waals surface area (Å²) in [4.78, 5) is 76.3. The second-order valence-electron chi connectivity index (χ2n) is 4.64. The Balaban J connectivity index is 1.52. The molecule has 12 nitrogen and oxygen atoms in total. The van der Waals surface area contributed by atoms with E-state index in [0.29, 0.717) is 0 Å². The SMILES string of the molecule is O=C(COCCOCC(=O)ON1C(=O)C=CC1=O)ON1C(=O)C=CC1=O. The number of ether oxygens (including phenoxy) is 2. The van der Waals surface area contributed by atoms with Gasteiger partial charge in [0.1, 0.15) is 13.2 Å². The molecule has 2 aliphatic heterocycles. The molecule has 12 heteroatoms. The maximum absolute atomic E-state index is 11.4. The molecule has 0 saturated carbocycles. The topological polar surface area (TPSA) is 146 Å². The third-order valence-electron chi connectivity index (χ3n) is 2.74. The summed E-state index contributed by atoms with van der Waals surface area (Å²) in [5, 5.41) is 0.571. The van der Waals surface area contributed by atoms with E-state index < -0.39 is 48.8 Å². The zero-order valence-corrected chi connectivity index (χ0v) is 13.1. The van der Waals surface area contributed by atoms with Crippen LogP contribution in [-0.4, -0.2) is 72.1 Å². The van der Waals surface area contributed by atoms with Crippen molar-refractivity contribution >= 4 is 35.6 Å². The van der Waals surface area contributed by atoms with Crippen LogP contribution in [0.2, 0.25) is 0 Å². The van der Waals surface area contributed by atoms with Crippen LogP contribution in [0.1, 0.15) is 0 Å². The van der Waals surface area contributed by atoms with E-state index in [1.165, 1.54) is 0 Å². The van der Waals surface area contributed by atoms with Crippen molar-refractivity contribution in [2.75, 3.05) is 26.4 Å². The molecule has 0 aromatic heterocycles. The summed E-state index contributed by atoms with van der Waals surface area (Å²) in [6, 6.07) is 0. The number of amides is 4. The van der Waals surface area contributed by atoms with Crippen LogP contribution in [0, 0.1) is 0 Å². The quantitative estimate of drug-likeness (QED) is 0.324. The zero-order chi connectivity index (χ0) is 19.1. The Kier molecular flexibility index (Phi) is 6.30. The van der Waals surface area contributed by atoms with Crippen LogP contribution in [-0.2, 0) is 47.9 Å². The number of hydrogen-bond acceptors (Lipinski definition) is 10. The lowest BCUT2D eigenvalue weighted by molar-refractivity contribution is -0.200. The summed E-state index contributed by atoms with van der Waals surface area (Å²) in [6.07, 6.45) is 3.79. The van der Waals surface area contributed by atoms with Crippen LogP contribution >= 0.6 is 0 Å². The van der Waals surface area contributed by atoms with Crippen molar-refractivity contribution in [2.45, 2.75) is 0 Å². The van der Waals surface area contributed by atoms with E-state index in [1.54, 1.807) is 0 Å². The highest BCUT2D eigenvalue weighted by Gasteiger charge is 2.28. The van der Waals surface area contributed by atoms with Crippen molar-refractivity contribution in [1.29, 1.82) is 0 Å². The second-order valence-corrected chi connectivity index (χ2v) is 4.64. The van der Waals surface area contributed by atoms with Crippen LogP contribution in [0.4, 0.5) is 0 Å². The Morgan fingerprint density at radius 2 is 0.962 bits per heavy atom. The van der Waals surface area contributed by atoms with E-state index in [1.807, 2.05) is 0 Å². The van der Waals surface area contributed by atoms with Gasteiger partial charge in [-0.3, -0.25) is 19.2 Å². The van der Waals surface area contributed by atoms with E-state index in [9.17, 15) is 28.8 Å². The molecule has 0 bridgehead atoms. The van der Waals surface area contributed by atoms with Crippen LogP contribution in [0.5, 0.6) is 0 Å². The summed E-state index contributed by atoms with van der Waals surface area (Å²) in [5.41, 5.74) is 0. The molecule has 0 unspecified atom stereocenters. The highest BCUT2D eigenvalue weighted by Crippen LogP contribution is 2.05. The average Bonchev–Trinajstić information content (AvgIpc) is 3.08. The van der Waals surface area contributed by atoms with Crippen molar-refractivity contribution < 1.29 is 47.9 Å². The van der Waals surface area contributed by atoms with Gasteiger partial charge in [-0.05, 0) is 0 Å². The number of carbonyl (C=O) groups excluding carboxylic acids is 6. The number of hydrogen-bond donors (Lipinski definition) is 0. The Labute approximate surface area is 145 Å². The normalized spacial score (nSPS) is 16.0. The van der Waals surface area contributed by atoms with Crippen molar-refractivity contribution in [2.24, 2.45) is 0 Å². The predicted molar refractivity (Wildman–Crippen MR) is 75.8 cm³/mol. The molecular formula is C14H12N2O10. The number of rotatable bonds is 9. The third-order valence-corrected chi connectivity index (χ3v) is 2.74. The van der Waals surface area contributed by atoms with Gasteiger partial charge in [0.2, 0.25) is 0 Å². The maximum atomic E-state index is 11.4. The molecule has 0 radical (unpaired) electrons. The van der Waals surface area contributed by atoms with E-state index in [0.717, 1.165) is 24.3 Å². The summed E-state index contributed by atoms with van der Waals surface area (Å²) in [6.45, 7) is -1.36. The molecule has 0 fully saturated rings. The smallest absolute Gasteiger partial charge is 0.358 e. The van der Waals surface area contributed by atoms with Gasteiger partial charge in [-0.15, -0.1) is 0 Å². The van der Waals surface area contributed by atoms with Gasteiger partial charge in [-0.1, -0.05) is 10.1 Å². The minimum absolute atomic E-state index is 0.119. The lowest BCUT2D eigenvalue weighted by Crippen LogP contribution is -2.34. The molecule has 2 rings (SSSR count). The first-order valence-corrected chi connectivity index (χ1v) is 7.08. The van der Waals surface area contributed by atoms with Crippen LogP contribution in [0.15, 0.2) is 24.3 Å². The molecule has 0 aromatic rings. The van der Waals surface area contributed by atoms with Crippen LogP contribution in [0.25, 0.3) is 0 Å². The first-order valence-electron chi connectivity index (χ1n) is 7.08. The molecular weight excluding hydrogens is 356 g/mol. The largest absolute Gasteiger partial charge is 0.367 e. The summed E-state index contributed by atoms with van der Waals surface area (Å²) in [7, 11) is 0.